The summed E-state index contributed by atoms with van der Waals surface area (Å²) in [5, 5.41) is 5.93. The molecule has 0 aliphatic heterocycles. The number of likely N-dealkylation sites (N-methyl/N-ethyl adjacent to an activating group) is 2. The first-order valence-electron chi connectivity index (χ1n) is 6.41. The van der Waals surface area contributed by atoms with Crippen molar-refractivity contribution in [3.8, 4) is 0 Å². The molecule has 1 unspecified atom stereocenters. The van der Waals surface area contributed by atoms with Gasteiger partial charge < -0.3 is 10.6 Å². The lowest BCUT2D eigenvalue weighted by molar-refractivity contribution is -0.122. The normalized spacial score (nSPS) is 12.5. The number of halogens is 1. The van der Waals surface area contributed by atoms with Gasteiger partial charge in [-0.1, -0.05) is 12.1 Å². The second-order valence-corrected chi connectivity index (χ2v) is 4.68. The highest BCUT2D eigenvalue weighted by Gasteiger charge is 2.11. The quantitative estimate of drug-likeness (QED) is 0.779. The van der Waals surface area contributed by atoms with E-state index in [9.17, 15) is 9.18 Å². The van der Waals surface area contributed by atoms with E-state index >= 15 is 0 Å². The number of amides is 1. The molecule has 0 aromatic heterocycles. The van der Waals surface area contributed by atoms with Gasteiger partial charge in [-0.3, -0.25) is 9.69 Å². The van der Waals surface area contributed by atoms with Gasteiger partial charge >= 0.3 is 0 Å². The zero-order valence-corrected chi connectivity index (χ0v) is 11.7. The Kier molecular flexibility index (Phi) is 6.45. The molecule has 1 rings (SSSR count). The summed E-state index contributed by atoms with van der Waals surface area (Å²) >= 11 is 0. The standard InChI is InChI=1S/C14H22FN3O/c1-11(12-4-6-13(15)7-5-12)17-14(19)10-18(3)9-8-16-2/h4-7,11,16H,8-10H2,1-3H3,(H,17,19). The Morgan fingerprint density at radius 2 is 2.00 bits per heavy atom. The zero-order valence-electron chi connectivity index (χ0n) is 11.7. The van der Waals surface area contributed by atoms with E-state index in [-0.39, 0.29) is 17.8 Å². The maximum atomic E-state index is 12.8. The molecule has 0 saturated carbocycles. The molecule has 106 valence electrons. The second-order valence-electron chi connectivity index (χ2n) is 4.68. The van der Waals surface area contributed by atoms with Crippen LogP contribution in [0.4, 0.5) is 4.39 Å². The summed E-state index contributed by atoms with van der Waals surface area (Å²) in [5.74, 6) is -0.301. The van der Waals surface area contributed by atoms with Crippen LogP contribution in [0.25, 0.3) is 0 Å². The van der Waals surface area contributed by atoms with Gasteiger partial charge in [0.2, 0.25) is 5.91 Å². The highest BCUT2D eigenvalue weighted by atomic mass is 19.1. The van der Waals surface area contributed by atoms with E-state index in [2.05, 4.69) is 10.6 Å². The van der Waals surface area contributed by atoms with Gasteiger partial charge in [0.15, 0.2) is 0 Å². The Labute approximate surface area is 114 Å². The van der Waals surface area contributed by atoms with Crippen molar-refractivity contribution in [1.29, 1.82) is 0 Å². The molecule has 1 amide bonds. The molecular weight excluding hydrogens is 245 g/mol. The summed E-state index contributed by atoms with van der Waals surface area (Å²) in [6.07, 6.45) is 0. The van der Waals surface area contributed by atoms with Crippen LogP contribution < -0.4 is 10.6 Å². The lowest BCUT2D eigenvalue weighted by atomic mass is 10.1. The summed E-state index contributed by atoms with van der Waals surface area (Å²) in [4.78, 5) is 13.8. The third-order valence-electron chi connectivity index (χ3n) is 2.90. The van der Waals surface area contributed by atoms with Gasteiger partial charge in [-0.05, 0) is 38.7 Å². The van der Waals surface area contributed by atoms with Gasteiger partial charge in [0.05, 0.1) is 12.6 Å². The van der Waals surface area contributed by atoms with Crippen LogP contribution in [0.5, 0.6) is 0 Å². The fourth-order valence-electron chi connectivity index (χ4n) is 1.75. The highest BCUT2D eigenvalue weighted by Crippen LogP contribution is 2.12. The van der Waals surface area contributed by atoms with E-state index in [1.165, 1.54) is 12.1 Å². The maximum absolute atomic E-state index is 12.8. The minimum atomic E-state index is -0.269. The van der Waals surface area contributed by atoms with E-state index in [0.29, 0.717) is 6.54 Å². The van der Waals surface area contributed by atoms with Gasteiger partial charge in [-0.25, -0.2) is 4.39 Å². The lowest BCUT2D eigenvalue weighted by Crippen LogP contribution is -2.38. The molecule has 2 N–H and O–H groups in total. The molecule has 0 aliphatic rings. The molecule has 0 radical (unpaired) electrons. The van der Waals surface area contributed by atoms with Gasteiger partial charge in [-0.2, -0.15) is 0 Å². The number of nitrogens with one attached hydrogen (secondary N) is 2. The van der Waals surface area contributed by atoms with Crippen LogP contribution in [0.2, 0.25) is 0 Å². The van der Waals surface area contributed by atoms with E-state index in [0.717, 1.165) is 18.7 Å². The molecule has 1 atom stereocenters. The van der Waals surface area contributed by atoms with Crippen LogP contribution in [0, 0.1) is 5.82 Å². The largest absolute Gasteiger partial charge is 0.348 e. The zero-order chi connectivity index (χ0) is 14.3. The molecule has 0 fully saturated rings. The van der Waals surface area contributed by atoms with E-state index < -0.39 is 0 Å². The fourth-order valence-corrected chi connectivity index (χ4v) is 1.75. The Morgan fingerprint density at radius 1 is 1.37 bits per heavy atom. The predicted molar refractivity (Wildman–Crippen MR) is 74.4 cm³/mol. The Bertz CT molecular complexity index is 394. The number of carbonyl (C=O) groups excluding carboxylic acids is 1. The number of rotatable bonds is 7. The van der Waals surface area contributed by atoms with Gasteiger partial charge in [0.25, 0.3) is 0 Å². The third-order valence-corrected chi connectivity index (χ3v) is 2.90. The molecule has 1 aromatic carbocycles. The van der Waals surface area contributed by atoms with Crippen molar-refractivity contribution in [2.75, 3.05) is 33.7 Å². The monoisotopic (exact) mass is 267 g/mol. The maximum Gasteiger partial charge on any atom is 0.234 e. The first-order valence-corrected chi connectivity index (χ1v) is 6.41. The summed E-state index contributed by atoms with van der Waals surface area (Å²) < 4.78 is 12.8. The topological polar surface area (TPSA) is 44.4 Å². The Morgan fingerprint density at radius 3 is 2.58 bits per heavy atom. The third kappa shape index (κ3) is 5.81. The summed E-state index contributed by atoms with van der Waals surface area (Å²) in [7, 11) is 3.78. The average Bonchev–Trinajstić information content (AvgIpc) is 2.36. The Balaban J connectivity index is 2.41. The molecule has 0 heterocycles. The summed E-state index contributed by atoms with van der Waals surface area (Å²) in [5.41, 5.74) is 0.896. The number of carbonyl (C=O) groups is 1. The van der Waals surface area contributed by atoms with Crippen LogP contribution in [-0.2, 0) is 4.79 Å². The van der Waals surface area contributed by atoms with Crippen molar-refractivity contribution in [3.05, 3.63) is 35.6 Å². The minimum absolute atomic E-state index is 0.0320. The van der Waals surface area contributed by atoms with Crippen LogP contribution in [0.15, 0.2) is 24.3 Å². The molecule has 1 aromatic rings. The van der Waals surface area contributed by atoms with Crippen molar-refractivity contribution >= 4 is 5.91 Å². The van der Waals surface area contributed by atoms with Crippen molar-refractivity contribution < 1.29 is 9.18 Å². The van der Waals surface area contributed by atoms with Crippen molar-refractivity contribution in [1.82, 2.24) is 15.5 Å². The molecule has 0 saturated heterocycles. The minimum Gasteiger partial charge on any atom is -0.348 e. The fraction of sp³-hybridized carbons (Fsp3) is 0.500. The molecule has 0 aliphatic carbocycles. The van der Waals surface area contributed by atoms with Crippen LogP contribution in [-0.4, -0.2) is 44.5 Å². The summed E-state index contributed by atoms with van der Waals surface area (Å²) in [6.45, 7) is 3.90. The van der Waals surface area contributed by atoms with Crippen molar-refractivity contribution in [2.24, 2.45) is 0 Å². The molecule has 0 spiro atoms. The van der Waals surface area contributed by atoms with E-state index in [1.807, 2.05) is 25.9 Å². The number of benzene rings is 1. The first kappa shape index (κ1) is 15.6. The predicted octanol–water partition coefficient (Wildman–Crippen LogP) is 1.15. The van der Waals surface area contributed by atoms with Gasteiger partial charge in [-0.15, -0.1) is 0 Å². The Hall–Kier alpha value is -1.46. The average molecular weight is 267 g/mol. The smallest absolute Gasteiger partial charge is 0.234 e. The van der Waals surface area contributed by atoms with Crippen molar-refractivity contribution in [3.63, 3.8) is 0 Å². The van der Waals surface area contributed by atoms with Gasteiger partial charge in [0, 0.05) is 13.1 Å². The lowest BCUT2D eigenvalue weighted by Gasteiger charge is -2.19. The molecule has 5 heteroatoms. The highest BCUT2D eigenvalue weighted by molar-refractivity contribution is 5.78. The van der Waals surface area contributed by atoms with Crippen LogP contribution in [0.3, 0.4) is 0 Å². The number of hydrogen-bond donors (Lipinski definition) is 2. The van der Waals surface area contributed by atoms with Gasteiger partial charge in [0.1, 0.15) is 5.82 Å². The first-order chi connectivity index (χ1) is 9.02. The van der Waals surface area contributed by atoms with E-state index in [4.69, 9.17) is 0 Å². The SMILES string of the molecule is CNCCN(C)CC(=O)NC(C)c1ccc(F)cc1. The summed E-state index contributed by atoms with van der Waals surface area (Å²) in [6, 6.07) is 6.05. The number of hydrogen-bond acceptors (Lipinski definition) is 3. The molecule has 4 nitrogen and oxygen atoms in total. The van der Waals surface area contributed by atoms with Crippen LogP contribution in [0.1, 0.15) is 18.5 Å². The molecule has 0 bridgehead atoms. The molecular formula is C14H22FN3O. The van der Waals surface area contributed by atoms with E-state index in [1.54, 1.807) is 12.1 Å². The second kappa shape index (κ2) is 7.86. The molecule has 19 heavy (non-hydrogen) atoms. The van der Waals surface area contributed by atoms with Crippen LogP contribution >= 0.6 is 0 Å². The van der Waals surface area contributed by atoms with Crippen molar-refractivity contribution in [2.45, 2.75) is 13.0 Å². The number of nitrogens with zero attached hydrogens (tertiary/aromatic N) is 1.